The van der Waals surface area contributed by atoms with E-state index in [1.54, 1.807) is 0 Å². The lowest BCUT2D eigenvalue weighted by Gasteiger charge is -2.51. The number of nitrogens with one attached hydrogen (secondary N) is 5. The van der Waals surface area contributed by atoms with Crippen LogP contribution in [0.4, 0.5) is 0 Å². The van der Waals surface area contributed by atoms with E-state index in [9.17, 15) is 166 Å². The smallest absolute Gasteiger partial charge is 0.335 e. The van der Waals surface area contributed by atoms with Crippen molar-refractivity contribution < 1.29 is 246 Å². The topological polar surface area (TPSA) is 856 Å². The first-order valence-corrected chi connectivity index (χ1v) is 36.6. The van der Waals surface area contributed by atoms with Crippen LogP contribution in [-0.4, -0.2) is 485 Å². The maximum atomic E-state index is 13.3. The number of amides is 5. The molecular weight excluding hydrogens is 1640 g/mol. The molecule has 55 heteroatoms. The van der Waals surface area contributed by atoms with Crippen molar-refractivity contribution in [3.63, 3.8) is 0 Å². The molecule has 9 saturated heterocycles. The van der Waals surface area contributed by atoms with Crippen LogP contribution >= 0.6 is 0 Å². The average molecular weight is 1740 g/mol. The van der Waals surface area contributed by atoms with Crippen LogP contribution in [-0.2, 0) is 124 Å². The second-order valence-corrected chi connectivity index (χ2v) is 29.0. The lowest BCUT2D eigenvalue weighted by atomic mass is 9.93. The number of carboxylic acids is 4. The van der Waals surface area contributed by atoms with Gasteiger partial charge in [-0.1, -0.05) is 0 Å². The summed E-state index contributed by atoms with van der Waals surface area (Å²) in [4.78, 5) is 116. The van der Waals surface area contributed by atoms with Crippen LogP contribution in [0.15, 0.2) is 0 Å². The zero-order chi connectivity index (χ0) is 88.3. The van der Waals surface area contributed by atoms with Crippen molar-refractivity contribution in [2.24, 2.45) is 0 Å². The molecular formula is C64H99N5O50. The second kappa shape index (κ2) is 41.0. The Kier molecular flexibility index (Phi) is 33.3. The summed E-state index contributed by atoms with van der Waals surface area (Å²) in [5.41, 5.74) is 0. The molecule has 0 saturated carbocycles. The number of aliphatic hydroxyl groups excluding tert-OH is 20. The first-order valence-electron chi connectivity index (χ1n) is 36.6. The molecule has 0 bridgehead atoms. The van der Waals surface area contributed by atoms with Crippen LogP contribution in [0.25, 0.3) is 0 Å². The van der Waals surface area contributed by atoms with Gasteiger partial charge in [0.15, 0.2) is 81.0 Å². The van der Waals surface area contributed by atoms with E-state index in [2.05, 4.69) is 26.6 Å². The van der Waals surface area contributed by atoms with E-state index < -0.39 is 362 Å². The van der Waals surface area contributed by atoms with Crippen LogP contribution in [0.5, 0.6) is 0 Å². The molecule has 680 valence electrons. The summed E-state index contributed by atoms with van der Waals surface area (Å²) in [6.45, 7) is -1.31. The molecule has 0 aliphatic carbocycles. The average Bonchev–Trinajstić information content (AvgIpc) is 0.765. The second-order valence-electron chi connectivity index (χ2n) is 29.0. The van der Waals surface area contributed by atoms with E-state index in [0.717, 1.165) is 34.6 Å². The fourth-order valence-corrected chi connectivity index (χ4v) is 14.9. The Bertz CT molecular complexity index is 3460. The number of ether oxygens (including phenoxy) is 17. The Hall–Kier alpha value is -6.25. The van der Waals surface area contributed by atoms with Crippen LogP contribution in [0.1, 0.15) is 34.6 Å². The molecule has 9 aliphatic heterocycles. The minimum absolute atomic E-state index is 0.814. The Labute approximate surface area is 668 Å². The highest BCUT2D eigenvalue weighted by Gasteiger charge is 2.63. The fourth-order valence-electron chi connectivity index (χ4n) is 14.9. The molecule has 9 fully saturated rings. The predicted octanol–water partition coefficient (Wildman–Crippen LogP) is -19.5. The SMILES string of the molecule is CC(=O)N[C@H]1[C@H](O[C@H]2[C@H](O)[C@@H](O)[C@H](O[C@H]3[C@H](O)[C@@H](CO)O[C@@H](O[C@H]4[C@@H](O)[C@@H](O)[C@H](O[C@H]5[C@H](O)[C@@H](CO)O[C@@H](O[C@H]6[C@H](O)[C@@H](O)[C@H](O[C@H]7[C@H](O)[C@@H](CO)O[C@@H](O[C@H]8[C@H](O)[C@@H](O)[C@H](O[C@H]9[C@H](O)[C@@H](CO)OC(O)[C@@H]9NC(C)=O)O[C@@H]8C(=O)O)[C@@H]7NC(C)=O)O[C@@H]6C(=O)O)[C@@H]5NC(C)=O)O[C@@H]4C(=O)O)[C@@H]3NC(C)=O)O[C@@H]2C(=O)O)O[C@H](CO)[C@@H](O)[C@@H]1O. The van der Waals surface area contributed by atoms with E-state index in [1.165, 1.54) is 0 Å². The molecule has 0 aromatic rings. The van der Waals surface area contributed by atoms with Gasteiger partial charge in [-0.25, -0.2) is 19.2 Å². The third kappa shape index (κ3) is 21.2. The first-order chi connectivity index (χ1) is 55.9. The zero-order valence-corrected chi connectivity index (χ0v) is 62.9. The van der Waals surface area contributed by atoms with E-state index in [1.807, 2.05) is 0 Å². The number of carboxylic acid groups (broad SMARTS) is 4. The van der Waals surface area contributed by atoms with Crippen molar-refractivity contribution in [3.05, 3.63) is 0 Å². The normalized spacial score (nSPS) is 46.5. The highest BCUT2D eigenvalue weighted by Crippen LogP contribution is 2.41. The molecule has 55 nitrogen and oxygen atoms in total. The molecule has 29 N–H and O–H groups in total. The van der Waals surface area contributed by atoms with Crippen molar-refractivity contribution in [3.8, 4) is 0 Å². The van der Waals surface area contributed by atoms with E-state index in [0.29, 0.717) is 0 Å². The lowest BCUT2D eigenvalue weighted by molar-refractivity contribution is -0.381. The molecule has 9 heterocycles. The summed E-state index contributed by atoms with van der Waals surface area (Å²) in [5, 5.41) is 276. The van der Waals surface area contributed by atoms with Crippen molar-refractivity contribution in [2.75, 3.05) is 33.0 Å². The summed E-state index contributed by atoms with van der Waals surface area (Å²) in [6.07, 6.45) is -92.5. The van der Waals surface area contributed by atoms with Crippen molar-refractivity contribution in [1.29, 1.82) is 0 Å². The third-order valence-electron chi connectivity index (χ3n) is 20.6. The summed E-state index contributed by atoms with van der Waals surface area (Å²) >= 11 is 0. The maximum absolute atomic E-state index is 13.3. The maximum Gasteiger partial charge on any atom is 0.335 e. The number of carbonyl (C=O) groups is 9. The van der Waals surface area contributed by atoms with Gasteiger partial charge in [-0.2, -0.15) is 0 Å². The standard InChI is InChI=1S/C64H99N5O50/c1-11(75)65-21-31(85)26(80)16(6-70)104-57(21)112-44-32(86)37(91)62(117-48(44)52(94)95)109-41-23(67-13(3)77)59(106-18(8-72)28(41)82)114-46-34(88)39(93)64(119-50(46)54(98)99)111-43-25(69-15(5)79)60(107-20(10-74)30(43)84)115-47-35(89)38(92)63(118-51(47)55(100)101)110-42-24(68-14(4)78)58(105-19(9-73)29(42)83)113-45-33(87)36(90)61(116-49(45)53(96)97)108-40-22(66-12(2)76)56(102)103-17(7-71)27(40)81/h16-51,56-64,70-74,80-93,102H,6-10H2,1-5H3,(H,65,75)(H,66,76)(H,67,77)(H,68,78)(H,69,79)(H,94,95)(H,96,97)(H,98,99)(H,100,101)/t16-,17-,18-,19-,20-,21-,22-,23-,24-,25-,26-,27-,28-,29-,30-,31-,32-,33-,34+,35-,36-,37-,38-,39-,40-,41-,42-,43-,44+,45+,46+,47+,48+,49+,50+,51+,56?,57+,58+,59+,60+,61-,62-,63-,64-/m1/s1. The molecule has 0 spiro atoms. The van der Waals surface area contributed by atoms with Crippen LogP contribution in [0.2, 0.25) is 0 Å². The summed E-state index contributed by atoms with van der Waals surface area (Å²) in [7, 11) is 0. The molecule has 9 rings (SSSR count). The number of carbonyl (C=O) groups excluding carboxylic acids is 5. The van der Waals surface area contributed by atoms with Gasteiger partial charge in [0.2, 0.25) is 29.5 Å². The quantitative estimate of drug-likeness (QED) is 0.0318. The summed E-state index contributed by atoms with van der Waals surface area (Å²) in [6, 6.07) is -9.87. The molecule has 9 aliphatic rings. The predicted molar refractivity (Wildman–Crippen MR) is 357 cm³/mol. The van der Waals surface area contributed by atoms with Crippen molar-refractivity contribution >= 4 is 53.4 Å². The first kappa shape index (κ1) is 96.6. The molecule has 0 radical (unpaired) electrons. The van der Waals surface area contributed by atoms with E-state index >= 15 is 0 Å². The van der Waals surface area contributed by atoms with Crippen LogP contribution in [0.3, 0.4) is 0 Å². The molecule has 0 aromatic carbocycles. The van der Waals surface area contributed by atoms with Gasteiger partial charge in [0.25, 0.3) is 0 Å². The summed E-state index contributed by atoms with van der Waals surface area (Å²) < 4.78 is 96.5. The van der Waals surface area contributed by atoms with Gasteiger partial charge in [-0.3, -0.25) is 24.0 Å². The lowest BCUT2D eigenvalue weighted by Crippen LogP contribution is -2.72. The van der Waals surface area contributed by atoms with Gasteiger partial charge in [0.1, 0.15) is 195 Å². The van der Waals surface area contributed by atoms with Gasteiger partial charge in [-0.05, 0) is 0 Å². The molecule has 45 atom stereocenters. The summed E-state index contributed by atoms with van der Waals surface area (Å²) in [5.74, 6) is -13.2. The number of aliphatic carboxylic acids is 4. The number of hydrogen-bond donors (Lipinski definition) is 29. The highest BCUT2D eigenvalue weighted by molar-refractivity contribution is 5.77. The number of hydrogen-bond acceptors (Lipinski definition) is 46. The third-order valence-corrected chi connectivity index (χ3v) is 20.6. The van der Waals surface area contributed by atoms with Crippen molar-refractivity contribution in [1.82, 2.24) is 26.6 Å². The van der Waals surface area contributed by atoms with Gasteiger partial charge in [-0.15, -0.1) is 0 Å². The van der Waals surface area contributed by atoms with E-state index in [4.69, 9.17) is 80.5 Å². The Morgan fingerprint density at radius 2 is 0.420 bits per heavy atom. The Balaban J connectivity index is 0.920. The minimum atomic E-state index is -2.69. The zero-order valence-electron chi connectivity index (χ0n) is 62.9. The van der Waals surface area contributed by atoms with E-state index in [-0.39, 0.29) is 0 Å². The minimum Gasteiger partial charge on any atom is -0.479 e. The number of aliphatic hydroxyl groups is 20. The number of rotatable bonds is 30. The highest BCUT2D eigenvalue weighted by atomic mass is 16.8. The van der Waals surface area contributed by atoms with Crippen LogP contribution < -0.4 is 26.6 Å². The van der Waals surface area contributed by atoms with Crippen LogP contribution in [0, 0.1) is 0 Å². The van der Waals surface area contributed by atoms with Gasteiger partial charge >= 0.3 is 23.9 Å². The molecule has 119 heavy (non-hydrogen) atoms. The largest absolute Gasteiger partial charge is 0.479 e. The van der Waals surface area contributed by atoms with Gasteiger partial charge in [0.05, 0.1) is 33.0 Å². The Morgan fingerprint density at radius 1 is 0.227 bits per heavy atom. The Morgan fingerprint density at radius 3 is 0.647 bits per heavy atom. The van der Waals surface area contributed by atoms with Gasteiger partial charge in [0, 0.05) is 34.6 Å². The molecule has 1 unspecified atom stereocenters. The fraction of sp³-hybridized carbons (Fsp3) is 0.859. The van der Waals surface area contributed by atoms with Crippen molar-refractivity contribution in [2.45, 2.75) is 311 Å². The molecule has 0 aromatic heterocycles. The molecule has 5 amide bonds. The van der Waals surface area contributed by atoms with Gasteiger partial charge < -0.3 is 230 Å². The monoisotopic (exact) mass is 1740 g/mol.